The average Bonchev–Trinajstić information content (AvgIpc) is 2.60. The van der Waals surface area contributed by atoms with Gasteiger partial charge in [0.2, 0.25) is 0 Å². The van der Waals surface area contributed by atoms with Crippen LogP contribution in [0.4, 0.5) is 0 Å². The molecule has 0 aromatic carbocycles. The van der Waals surface area contributed by atoms with E-state index in [9.17, 15) is 4.79 Å². The summed E-state index contributed by atoms with van der Waals surface area (Å²) in [6, 6.07) is 0. The molecular formula is C21H44N2O. The summed E-state index contributed by atoms with van der Waals surface area (Å²) in [6.07, 6.45) is 15.2. The first kappa shape index (κ1) is 23.6. The number of rotatable bonds is 19. The van der Waals surface area contributed by atoms with Gasteiger partial charge in [-0.15, -0.1) is 0 Å². The second kappa shape index (κ2) is 18.9. The third-order valence-electron chi connectivity index (χ3n) is 4.90. The molecule has 0 saturated carbocycles. The van der Waals surface area contributed by atoms with E-state index in [2.05, 4.69) is 30.6 Å². The van der Waals surface area contributed by atoms with Crippen molar-refractivity contribution in [1.82, 2.24) is 9.80 Å². The van der Waals surface area contributed by atoms with Gasteiger partial charge in [0.1, 0.15) is 6.29 Å². The number of nitrogens with zero attached hydrogens (tertiary/aromatic N) is 2. The van der Waals surface area contributed by atoms with Crippen molar-refractivity contribution in [2.75, 3.05) is 39.3 Å². The van der Waals surface area contributed by atoms with Crippen LogP contribution in [0.3, 0.4) is 0 Å². The van der Waals surface area contributed by atoms with Crippen LogP contribution < -0.4 is 0 Å². The van der Waals surface area contributed by atoms with Gasteiger partial charge in [0, 0.05) is 26.1 Å². The molecule has 0 aromatic heterocycles. The quantitative estimate of drug-likeness (QED) is 0.240. The molecule has 0 unspecified atom stereocenters. The van der Waals surface area contributed by atoms with Gasteiger partial charge in [0.15, 0.2) is 0 Å². The predicted molar refractivity (Wildman–Crippen MR) is 107 cm³/mol. The van der Waals surface area contributed by atoms with E-state index >= 15 is 0 Å². The van der Waals surface area contributed by atoms with E-state index in [0.29, 0.717) is 6.42 Å². The van der Waals surface area contributed by atoms with Crippen molar-refractivity contribution < 1.29 is 4.79 Å². The lowest BCUT2D eigenvalue weighted by molar-refractivity contribution is -0.108. The molecule has 144 valence electrons. The highest BCUT2D eigenvalue weighted by molar-refractivity contribution is 5.49. The third kappa shape index (κ3) is 15.1. The maximum atomic E-state index is 10.7. The van der Waals surface area contributed by atoms with Crippen LogP contribution in [0, 0.1) is 0 Å². The minimum Gasteiger partial charge on any atom is -0.303 e. The Bertz CT molecular complexity index is 258. The van der Waals surface area contributed by atoms with Crippen LogP contribution in [0.5, 0.6) is 0 Å². The topological polar surface area (TPSA) is 23.6 Å². The highest BCUT2D eigenvalue weighted by atomic mass is 16.1. The maximum absolute atomic E-state index is 10.7. The zero-order valence-corrected chi connectivity index (χ0v) is 16.9. The van der Waals surface area contributed by atoms with Crippen LogP contribution in [0.25, 0.3) is 0 Å². The molecule has 0 aromatic rings. The van der Waals surface area contributed by atoms with E-state index < -0.39 is 0 Å². The Morgan fingerprint density at radius 1 is 0.583 bits per heavy atom. The van der Waals surface area contributed by atoms with Gasteiger partial charge in [0.05, 0.1) is 0 Å². The number of likely N-dealkylation sites (N-methyl/N-ethyl adjacent to an activating group) is 1. The highest BCUT2D eigenvalue weighted by Gasteiger charge is 2.08. The van der Waals surface area contributed by atoms with Crippen molar-refractivity contribution >= 4 is 6.29 Å². The standard InChI is InChI=1S/C21H44N2O/c1-4-7-9-10-11-12-14-17-23(18-15-21-24)20-19-22(6-3)16-13-8-5-2/h21H,4-20H2,1-3H3. The molecule has 0 aliphatic heterocycles. The summed E-state index contributed by atoms with van der Waals surface area (Å²) in [6.45, 7) is 13.5. The van der Waals surface area contributed by atoms with Gasteiger partial charge < -0.3 is 14.6 Å². The van der Waals surface area contributed by atoms with Crippen LogP contribution >= 0.6 is 0 Å². The van der Waals surface area contributed by atoms with E-state index in [1.165, 1.54) is 70.8 Å². The minimum atomic E-state index is 0.679. The number of hydrogen-bond donors (Lipinski definition) is 0. The Morgan fingerprint density at radius 2 is 1.08 bits per heavy atom. The monoisotopic (exact) mass is 340 g/mol. The Hall–Kier alpha value is -0.410. The summed E-state index contributed by atoms with van der Waals surface area (Å²) >= 11 is 0. The van der Waals surface area contributed by atoms with Crippen LogP contribution in [-0.2, 0) is 4.79 Å². The summed E-state index contributed by atoms with van der Waals surface area (Å²) in [4.78, 5) is 15.8. The molecule has 3 nitrogen and oxygen atoms in total. The third-order valence-corrected chi connectivity index (χ3v) is 4.90. The molecule has 0 heterocycles. The van der Waals surface area contributed by atoms with E-state index in [-0.39, 0.29) is 0 Å². The SMILES string of the molecule is CCCCCCCCCN(CCC=O)CCN(CC)CCCCC. The molecule has 0 fully saturated rings. The molecule has 0 N–H and O–H groups in total. The molecule has 0 aliphatic rings. The Labute approximate surface area is 152 Å². The molecule has 0 atom stereocenters. The van der Waals surface area contributed by atoms with Crippen molar-refractivity contribution in [1.29, 1.82) is 0 Å². The molecular weight excluding hydrogens is 296 g/mol. The van der Waals surface area contributed by atoms with E-state index in [0.717, 1.165) is 39.0 Å². The molecule has 0 spiro atoms. The fourth-order valence-electron chi connectivity index (χ4n) is 3.16. The first-order valence-corrected chi connectivity index (χ1v) is 10.7. The highest BCUT2D eigenvalue weighted by Crippen LogP contribution is 2.08. The van der Waals surface area contributed by atoms with Crippen molar-refractivity contribution in [3.8, 4) is 0 Å². The van der Waals surface area contributed by atoms with Crippen LogP contribution in [0.1, 0.15) is 91.4 Å². The van der Waals surface area contributed by atoms with Gasteiger partial charge in [0.25, 0.3) is 0 Å². The minimum absolute atomic E-state index is 0.679. The van der Waals surface area contributed by atoms with E-state index in [1.807, 2.05) is 0 Å². The van der Waals surface area contributed by atoms with Gasteiger partial charge in [-0.25, -0.2) is 0 Å². The summed E-state index contributed by atoms with van der Waals surface area (Å²) < 4.78 is 0. The van der Waals surface area contributed by atoms with Gasteiger partial charge in [-0.2, -0.15) is 0 Å². The second-order valence-corrected chi connectivity index (χ2v) is 7.06. The van der Waals surface area contributed by atoms with Gasteiger partial charge in [-0.1, -0.05) is 72.1 Å². The van der Waals surface area contributed by atoms with Crippen molar-refractivity contribution in [3.63, 3.8) is 0 Å². The molecule has 0 bridgehead atoms. The fourth-order valence-corrected chi connectivity index (χ4v) is 3.16. The second-order valence-electron chi connectivity index (χ2n) is 7.06. The molecule has 3 heteroatoms. The van der Waals surface area contributed by atoms with Crippen molar-refractivity contribution in [3.05, 3.63) is 0 Å². The Kier molecular flexibility index (Phi) is 18.6. The van der Waals surface area contributed by atoms with Crippen molar-refractivity contribution in [2.45, 2.75) is 91.4 Å². The molecule has 0 radical (unpaired) electrons. The first-order chi connectivity index (χ1) is 11.8. The normalized spacial score (nSPS) is 11.5. The van der Waals surface area contributed by atoms with E-state index in [4.69, 9.17) is 0 Å². The smallest absolute Gasteiger partial charge is 0.121 e. The summed E-state index contributed by atoms with van der Waals surface area (Å²) in [5, 5.41) is 0. The van der Waals surface area contributed by atoms with Gasteiger partial charge in [-0.3, -0.25) is 0 Å². The molecule has 0 aliphatic carbocycles. The van der Waals surface area contributed by atoms with Gasteiger partial charge >= 0.3 is 0 Å². The first-order valence-electron chi connectivity index (χ1n) is 10.7. The van der Waals surface area contributed by atoms with Gasteiger partial charge in [-0.05, 0) is 32.5 Å². The molecule has 0 amide bonds. The number of aldehydes is 1. The summed E-state index contributed by atoms with van der Waals surface area (Å²) in [5.74, 6) is 0. The van der Waals surface area contributed by atoms with Crippen LogP contribution in [0.2, 0.25) is 0 Å². The van der Waals surface area contributed by atoms with E-state index in [1.54, 1.807) is 0 Å². The summed E-state index contributed by atoms with van der Waals surface area (Å²) in [7, 11) is 0. The molecule has 24 heavy (non-hydrogen) atoms. The largest absolute Gasteiger partial charge is 0.303 e. The zero-order valence-electron chi connectivity index (χ0n) is 16.9. The molecule has 0 rings (SSSR count). The number of carbonyl (C=O) groups is 1. The average molecular weight is 341 g/mol. The number of hydrogen-bond acceptors (Lipinski definition) is 3. The Balaban J connectivity index is 3.91. The lowest BCUT2D eigenvalue weighted by Crippen LogP contribution is -2.36. The van der Waals surface area contributed by atoms with Crippen LogP contribution in [-0.4, -0.2) is 55.4 Å². The zero-order chi connectivity index (χ0) is 17.9. The number of unbranched alkanes of at least 4 members (excludes halogenated alkanes) is 8. The lowest BCUT2D eigenvalue weighted by atomic mass is 10.1. The lowest BCUT2D eigenvalue weighted by Gasteiger charge is -2.26. The summed E-state index contributed by atoms with van der Waals surface area (Å²) in [5.41, 5.74) is 0. The predicted octanol–water partition coefficient (Wildman–Crippen LogP) is 5.14. The maximum Gasteiger partial charge on any atom is 0.121 e. The van der Waals surface area contributed by atoms with Crippen molar-refractivity contribution in [2.24, 2.45) is 0 Å². The molecule has 0 saturated heterocycles. The fraction of sp³-hybridized carbons (Fsp3) is 0.952. The van der Waals surface area contributed by atoms with Crippen LogP contribution in [0.15, 0.2) is 0 Å². The Morgan fingerprint density at radius 3 is 1.71 bits per heavy atom. The number of carbonyl (C=O) groups excluding carboxylic acids is 1.